The normalized spacial score (nSPS) is 15.9. The number of hydrogen-bond donors (Lipinski definition) is 1. The van der Waals surface area contributed by atoms with Gasteiger partial charge in [-0.05, 0) is 48.0 Å². The fourth-order valence-electron chi connectivity index (χ4n) is 2.20. The highest BCUT2D eigenvalue weighted by Crippen LogP contribution is 2.36. The van der Waals surface area contributed by atoms with E-state index >= 15 is 0 Å². The predicted octanol–water partition coefficient (Wildman–Crippen LogP) is 4.07. The third-order valence-electron chi connectivity index (χ3n) is 3.41. The molecule has 0 radical (unpaired) electrons. The van der Waals surface area contributed by atoms with Crippen LogP contribution in [0, 0.1) is 11.6 Å². The molecule has 1 heterocycles. The molecule has 0 aromatic heterocycles. The van der Waals surface area contributed by atoms with Crippen LogP contribution in [0.2, 0.25) is 0 Å². The molecule has 126 valence electrons. The number of carboxylic acid groups (broad SMARTS) is 1. The maximum Gasteiger partial charge on any atom is 0.335 e. The molecule has 1 amide bonds. The van der Waals surface area contributed by atoms with Crippen LogP contribution in [0.3, 0.4) is 0 Å². The highest BCUT2D eigenvalue weighted by atomic mass is 32.2. The number of carboxylic acids is 1. The number of rotatable bonds is 3. The van der Waals surface area contributed by atoms with Gasteiger partial charge in [0.05, 0.1) is 16.2 Å². The number of halogens is 2. The van der Waals surface area contributed by atoms with Gasteiger partial charge < -0.3 is 5.11 Å². The van der Waals surface area contributed by atoms with Gasteiger partial charge in [-0.1, -0.05) is 30.0 Å². The number of amides is 1. The van der Waals surface area contributed by atoms with E-state index in [1.165, 1.54) is 41.3 Å². The number of nitrogens with zero attached hydrogens (tertiary/aromatic N) is 1. The minimum Gasteiger partial charge on any atom is -0.478 e. The predicted molar refractivity (Wildman–Crippen MR) is 95.4 cm³/mol. The molecule has 0 aliphatic carbocycles. The molecule has 1 aliphatic heterocycles. The van der Waals surface area contributed by atoms with E-state index in [0.717, 1.165) is 23.9 Å². The average molecular weight is 377 g/mol. The van der Waals surface area contributed by atoms with Crippen LogP contribution in [0.25, 0.3) is 6.08 Å². The first-order valence-corrected chi connectivity index (χ1v) is 8.15. The van der Waals surface area contributed by atoms with E-state index in [-0.39, 0.29) is 14.8 Å². The van der Waals surface area contributed by atoms with E-state index in [0.29, 0.717) is 11.3 Å². The number of hydrogen-bond acceptors (Lipinski definition) is 4. The quantitative estimate of drug-likeness (QED) is 0.646. The fourth-order valence-corrected chi connectivity index (χ4v) is 3.50. The van der Waals surface area contributed by atoms with Crippen molar-refractivity contribution < 1.29 is 23.5 Å². The molecule has 1 aliphatic rings. The number of aromatic carboxylic acids is 1. The van der Waals surface area contributed by atoms with E-state index in [2.05, 4.69) is 0 Å². The Kier molecular flexibility index (Phi) is 4.65. The summed E-state index contributed by atoms with van der Waals surface area (Å²) in [6, 6.07) is 9.02. The summed E-state index contributed by atoms with van der Waals surface area (Å²) in [4.78, 5) is 25.0. The lowest BCUT2D eigenvalue weighted by molar-refractivity contribution is -0.113. The summed E-state index contributed by atoms with van der Waals surface area (Å²) in [5.74, 6) is -3.46. The Balaban J connectivity index is 1.90. The Morgan fingerprint density at radius 2 is 1.80 bits per heavy atom. The lowest BCUT2D eigenvalue weighted by atomic mass is 10.2. The van der Waals surface area contributed by atoms with Crippen LogP contribution in [0.15, 0.2) is 47.4 Å². The molecular formula is C17H9F2NO3S2. The molecule has 0 saturated carbocycles. The zero-order valence-electron chi connectivity index (χ0n) is 12.4. The zero-order chi connectivity index (χ0) is 18.1. The maximum atomic E-state index is 13.3. The minimum atomic E-state index is -1.07. The van der Waals surface area contributed by atoms with Crippen LogP contribution in [0.5, 0.6) is 0 Å². The van der Waals surface area contributed by atoms with Crippen molar-refractivity contribution in [1.82, 2.24) is 0 Å². The van der Waals surface area contributed by atoms with Crippen molar-refractivity contribution in [3.05, 3.63) is 70.1 Å². The first kappa shape index (κ1) is 17.2. The van der Waals surface area contributed by atoms with Gasteiger partial charge in [-0.3, -0.25) is 9.69 Å². The average Bonchev–Trinajstić information content (AvgIpc) is 2.85. The lowest BCUT2D eigenvalue weighted by Gasteiger charge is -2.14. The molecule has 1 fully saturated rings. The van der Waals surface area contributed by atoms with Gasteiger partial charge in [0.25, 0.3) is 5.91 Å². The Morgan fingerprint density at radius 1 is 1.12 bits per heavy atom. The maximum absolute atomic E-state index is 13.3. The smallest absolute Gasteiger partial charge is 0.335 e. The van der Waals surface area contributed by atoms with Crippen LogP contribution >= 0.6 is 24.0 Å². The highest BCUT2D eigenvalue weighted by Gasteiger charge is 2.33. The van der Waals surface area contributed by atoms with Gasteiger partial charge in [0.15, 0.2) is 16.0 Å². The Morgan fingerprint density at radius 3 is 2.40 bits per heavy atom. The summed E-state index contributed by atoms with van der Waals surface area (Å²) in [6.07, 6.45) is 1.42. The summed E-state index contributed by atoms with van der Waals surface area (Å²) >= 11 is 6.23. The Labute approximate surface area is 150 Å². The minimum absolute atomic E-state index is 0.0894. The standard InChI is InChI=1S/C17H9F2NO3S2/c18-12-6-1-9(7-13(12)19)8-14-15(21)20(17(24)25-14)11-4-2-10(3-5-11)16(22)23/h1-8H,(H,22,23)/b14-8+. The SMILES string of the molecule is O=C(O)c1ccc(N2C(=O)/C(=C\c3ccc(F)c(F)c3)SC2=S)cc1. The van der Waals surface area contributed by atoms with Crippen LogP contribution in [0.1, 0.15) is 15.9 Å². The Hall–Kier alpha value is -2.58. The van der Waals surface area contributed by atoms with E-state index in [1.54, 1.807) is 0 Å². The van der Waals surface area contributed by atoms with Crippen molar-refractivity contribution in [3.8, 4) is 0 Å². The number of benzene rings is 2. The number of carbonyl (C=O) groups is 2. The fraction of sp³-hybridized carbons (Fsp3) is 0. The molecule has 4 nitrogen and oxygen atoms in total. The van der Waals surface area contributed by atoms with Gasteiger partial charge in [0.1, 0.15) is 0 Å². The number of carbonyl (C=O) groups excluding carboxylic acids is 1. The van der Waals surface area contributed by atoms with Crippen LogP contribution in [-0.4, -0.2) is 21.3 Å². The van der Waals surface area contributed by atoms with Gasteiger partial charge in [-0.15, -0.1) is 0 Å². The molecule has 3 rings (SSSR count). The molecular weight excluding hydrogens is 368 g/mol. The molecule has 1 saturated heterocycles. The van der Waals surface area contributed by atoms with Gasteiger partial charge in [0, 0.05) is 0 Å². The monoisotopic (exact) mass is 377 g/mol. The summed E-state index contributed by atoms with van der Waals surface area (Å²) < 4.78 is 26.5. The molecule has 1 N–H and O–H groups in total. The summed E-state index contributed by atoms with van der Waals surface area (Å²) in [5, 5.41) is 8.92. The van der Waals surface area contributed by atoms with Gasteiger partial charge >= 0.3 is 5.97 Å². The van der Waals surface area contributed by atoms with E-state index < -0.39 is 23.5 Å². The van der Waals surface area contributed by atoms with Crippen LogP contribution in [0.4, 0.5) is 14.5 Å². The first-order valence-electron chi connectivity index (χ1n) is 6.93. The first-order chi connectivity index (χ1) is 11.9. The summed E-state index contributed by atoms with van der Waals surface area (Å²) in [5.41, 5.74) is 0.855. The molecule has 2 aromatic carbocycles. The summed E-state index contributed by atoms with van der Waals surface area (Å²) in [6.45, 7) is 0. The number of thiocarbonyl (C=S) groups is 1. The second-order valence-corrected chi connectivity index (χ2v) is 6.72. The topological polar surface area (TPSA) is 57.6 Å². The third kappa shape index (κ3) is 3.45. The second-order valence-electron chi connectivity index (χ2n) is 5.04. The molecule has 0 unspecified atom stereocenters. The van der Waals surface area contributed by atoms with Crippen molar-refractivity contribution in [2.24, 2.45) is 0 Å². The van der Waals surface area contributed by atoms with Crippen LogP contribution in [-0.2, 0) is 4.79 Å². The highest BCUT2D eigenvalue weighted by molar-refractivity contribution is 8.27. The van der Waals surface area contributed by atoms with Crippen LogP contribution < -0.4 is 4.90 Å². The Bertz CT molecular complexity index is 926. The second kappa shape index (κ2) is 6.73. The van der Waals surface area contributed by atoms with E-state index in [9.17, 15) is 18.4 Å². The third-order valence-corrected chi connectivity index (χ3v) is 4.71. The number of anilines is 1. The van der Waals surface area contributed by atoms with E-state index in [1.807, 2.05) is 0 Å². The summed E-state index contributed by atoms with van der Waals surface area (Å²) in [7, 11) is 0. The molecule has 25 heavy (non-hydrogen) atoms. The van der Waals surface area contributed by atoms with Crippen molar-refractivity contribution >= 4 is 51.9 Å². The van der Waals surface area contributed by atoms with Gasteiger partial charge in [0.2, 0.25) is 0 Å². The molecule has 8 heteroatoms. The van der Waals surface area contributed by atoms with Crippen molar-refractivity contribution in [3.63, 3.8) is 0 Å². The molecule has 0 atom stereocenters. The van der Waals surface area contributed by atoms with Crippen molar-refractivity contribution in [2.45, 2.75) is 0 Å². The molecule has 0 spiro atoms. The lowest BCUT2D eigenvalue weighted by Crippen LogP contribution is -2.27. The largest absolute Gasteiger partial charge is 0.478 e. The van der Waals surface area contributed by atoms with Crippen molar-refractivity contribution in [2.75, 3.05) is 4.90 Å². The van der Waals surface area contributed by atoms with Gasteiger partial charge in [-0.2, -0.15) is 0 Å². The zero-order valence-corrected chi connectivity index (χ0v) is 14.0. The van der Waals surface area contributed by atoms with Crippen molar-refractivity contribution in [1.29, 1.82) is 0 Å². The number of thioether (sulfide) groups is 1. The van der Waals surface area contributed by atoms with Gasteiger partial charge in [-0.25, -0.2) is 13.6 Å². The molecule has 2 aromatic rings. The van der Waals surface area contributed by atoms with E-state index in [4.69, 9.17) is 17.3 Å². The molecule has 0 bridgehead atoms.